The second kappa shape index (κ2) is 5.83. The molecule has 0 aliphatic heterocycles. The zero-order valence-electron chi connectivity index (χ0n) is 9.55. The summed E-state index contributed by atoms with van der Waals surface area (Å²) in [5, 5.41) is 0.790. The van der Waals surface area contributed by atoms with Gasteiger partial charge in [-0.05, 0) is 23.6 Å². The minimum atomic E-state index is 0.395. The van der Waals surface area contributed by atoms with E-state index >= 15 is 0 Å². The van der Waals surface area contributed by atoms with E-state index in [4.69, 9.17) is 11.6 Å². The third-order valence-corrected chi connectivity index (χ3v) is 2.90. The zero-order chi connectivity index (χ0) is 11.3. The Bertz CT molecular complexity index is 353. The van der Waals surface area contributed by atoms with Crippen molar-refractivity contribution in [1.82, 2.24) is 0 Å². The molecule has 0 fully saturated rings. The van der Waals surface area contributed by atoms with E-state index < -0.39 is 0 Å². The van der Waals surface area contributed by atoms with Crippen molar-refractivity contribution in [2.75, 3.05) is 0 Å². The topological polar surface area (TPSA) is 0 Å². The minimum Gasteiger partial charge on any atom is -0.103 e. The molecule has 0 N–H and O–H groups in total. The summed E-state index contributed by atoms with van der Waals surface area (Å²) in [5.74, 6) is 7.25. The van der Waals surface area contributed by atoms with Crippen LogP contribution in [0.5, 0.6) is 0 Å². The summed E-state index contributed by atoms with van der Waals surface area (Å²) in [4.78, 5) is 0. The molecule has 0 saturated carbocycles. The Morgan fingerprint density at radius 3 is 2.33 bits per heavy atom. The maximum absolute atomic E-state index is 5.85. The van der Waals surface area contributed by atoms with Gasteiger partial charge in [0, 0.05) is 17.4 Å². The van der Waals surface area contributed by atoms with Gasteiger partial charge in [0.05, 0.1) is 0 Å². The van der Waals surface area contributed by atoms with Crippen molar-refractivity contribution in [2.45, 2.75) is 33.1 Å². The van der Waals surface area contributed by atoms with Crippen LogP contribution in [-0.2, 0) is 0 Å². The fourth-order valence-corrected chi connectivity index (χ4v) is 1.57. The van der Waals surface area contributed by atoms with E-state index in [1.54, 1.807) is 0 Å². The normalized spacial score (nSPS) is 13.9. The molecule has 15 heavy (non-hydrogen) atoms. The van der Waals surface area contributed by atoms with Gasteiger partial charge in [-0.15, -0.1) is 5.92 Å². The van der Waals surface area contributed by atoms with Crippen LogP contribution in [0.15, 0.2) is 24.3 Å². The van der Waals surface area contributed by atoms with Crippen molar-refractivity contribution in [3.63, 3.8) is 0 Å². The van der Waals surface area contributed by atoms with Crippen molar-refractivity contribution in [1.29, 1.82) is 0 Å². The summed E-state index contributed by atoms with van der Waals surface area (Å²) in [7, 11) is 0. The quantitative estimate of drug-likeness (QED) is 0.645. The van der Waals surface area contributed by atoms with E-state index in [0.717, 1.165) is 11.4 Å². The highest BCUT2D eigenvalue weighted by Crippen LogP contribution is 2.24. The summed E-state index contributed by atoms with van der Waals surface area (Å²) in [6, 6.07) is 8.04. The number of halogens is 1. The molecule has 0 spiro atoms. The zero-order valence-corrected chi connectivity index (χ0v) is 10.3. The molecule has 0 heterocycles. The van der Waals surface area contributed by atoms with Gasteiger partial charge in [-0.3, -0.25) is 0 Å². The smallest absolute Gasteiger partial charge is 0.0406 e. The molecule has 1 heteroatoms. The van der Waals surface area contributed by atoms with E-state index in [0.29, 0.717) is 11.8 Å². The molecule has 0 aliphatic carbocycles. The van der Waals surface area contributed by atoms with Crippen LogP contribution in [0.2, 0.25) is 5.02 Å². The highest BCUT2D eigenvalue weighted by molar-refractivity contribution is 6.30. The summed E-state index contributed by atoms with van der Waals surface area (Å²) in [6.07, 6.45) is 0.928. The lowest BCUT2D eigenvalue weighted by Gasteiger charge is -2.15. The fraction of sp³-hybridized carbons (Fsp3) is 0.429. The van der Waals surface area contributed by atoms with Crippen molar-refractivity contribution >= 4 is 11.6 Å². The summed E-state index contributed by atoms with van der Waals surface area (Å²) in [5.41, 5.74) is 1.30. The molecule has 2 unspecified atom stereocenters. The molecule has 80 valence electrons. The van der Waals surface area contributed by atoms with Crippen LogP contribution in [0.1, 0.15) is 38.7 Å². The standard InChI is InChI=1S/C14H17Cl/c1-4-5-6-11(2)12(3)13-7-9-14(15)10-8-13/h7-12H,4H2,1-3H3. The average Bonchev–Trinajstić information content (AvgIpc) is 2.26. The van der Waals surface area contributed by atoms with Crippen LogP contribution in [0.25, 0.3) is 0 Å². The molecule has 0 radical (unpaired) electrons. The first-order valence-electron chi connectivity index (χ1n) is 5.39. The molecule has 0 amide bonds. The van der Waals surface area contributed by atoms with Gasteiger partial charge in [-0.25, -0.2) is 0 Å². The van der Waals surface area contributed by atoms with Crippen LogP contribution in [0, 0.1) is 17.8 Å². The molecule has 1 aromatic carbocycles. The second-order valence-electron chi connectivity index (χ2n) is 3.80. The Balaban J connectivity index is 2.75. The van der Waals surface area contributed by atoms with Gasteiger partial charge in [-0.2, -0.15) is 0 Å². The Morgan fingerprint density at radius 1 is 1.20 bits per heavy atom. The van der Waals surface area contributed by atoms with Gasteiger partial charge in [0.15, 0.2) is 0 Å². The molecule has 0 aliphatic rings. The Kier molecular flexibility index (Phi) is 4.72. The van der Waals surface area contributed by atoms with Gasteiger partial charge >= 0.3 is 0 Å². The van der Waals surface area contributed by atoms with Crippen LogP contribution in [-0.4, -0.2) is 0 Å². The molecule has 1 rings (SSSR count). The lowest BCUT2D eigenvalue weighted by Crippen LogP contribution is -2.03. The molecular formula is C14H17Cl. The molecule has 0 aromatic heterocycles. The van der Waals surface area contributed by atoms with Gasteiger partial charge in [0.2, 0.25) is 0 Å². The fourth-order valence-electron chi connectivity index (χ4n) is 1.44. The molecule has 0 nitrogen and oxygen atoms in total. The first kappa shape index (κ1) is 12.1. The van der Waals surface area contributed by atoms with E-state index in [-0.39, 0.29) is 0 Å². The number of benzene rings is 1. The van der Waals surface area contributed by atoms with E-state index in [2.05, 4.69) is 44.7 Å². The molecule has 2 atom stereocenters. The SMILES string of the molecule is CCC#CC(C)C(C)c1ccc(Cl)cc1. The van der Waals surface area contributed by atoms with Crippen molar-refractivity contribution < 1.29 is 0 Å². The largest absolute Gasteiger partial charge is 0.103 e. The first-order chi connectivity index (χ1) is 7.15. The molecular weight excluding hydrogens is 204 g/mol. The lowest BCUT2D eigenvalue weighted by atomic mass is 9.89. The maximum Gasteiger partial charge on any atom is 0.0406 e. The number of hydrogen-bond acceptors (Lipinski definition) is 0. The van der Waals surface area contributed by atoms with Gasteiger partial charge < -0.3 is 0 Å². The maximum atomic E-state index is 5.85. The summed E-state index contributed by atoms with van der Waals surface area (Å²) in [6.45, 7) is 6.45. The van der Waals surface area contributed by atoms with Gasteiger partial charge in [0.25, 0.3) is 0 Å². The highest BCUT2D eigenvalue weighted by Gasteiger charge is 2.11. The third kappa shape index (κ3) is 3.61. The van der Waals surface area contributed by atoms with E-state index in [1.807, 2.05) is 12.1 Å². The summed E-state index contributed by atoms with van der Waals surface area (Å²) < 4.78 is 0. The monoisotopic (exact) mass is 220 g/mol. The van der Waals surface area contributed by atoms with Crippen LogP contribution < -0.4 is 0 Å². The van der Waals surface area contributed by atoms with Gasteiger partial charge in [0.1, 0.15) is 0 Å². The van der Waals surface area contributed by atoms with Crippen molar-refractivity contribution in [3.05, 3.63) is 34.9 Å². The van der Waals surface area contributed by atoms with Gasteiger partial charge in [-0.1, -0.05) is 50.4 Å². The van der Waals surface area contributed by atoms with Crippen LogP contribution in [0.4, 0.5) is 0 Å². The lowest BCUT2D eigenvalue weighted by molar-refractivity contribution is 0.609. The van der Waals surface area contributed by atoms with Crippen LogP contribution >= 0.6 is 11.6 Å². The Labute approximate surface area is 97.7 Å². The molecule has 0 saturated heterocycles. The minimum absolute atomic E-state index is 0.395. The Hall–Kier alpha value is -0.930. The average molecular weight is 221 g/mol. The van der Waals surface area contributed by atoms with E-state index in [1.165, 1.54) is 5.56 Å². The highest BCUT2D eigenvalue weighted by atomic mass is 35.5. The van der Waals surface area contributed by atoms with Crippen LogP contribution in [0.3, 0.4) is 0 Å². The van der Waals surface area contributed by atoms with E-state index in [9.17, 15) is 0 Å². The van der Waals surface area contributed by atoms with Crippen molar-refractivity contribution in [2.24, 2.45) is 5.92 Å². The predicted molar refractivity (Wildman–Crippen MR) is 67.1 cm³/mol. The van der Waals surface area contributed by atoms with Crippen molar-refractivity contribution in [3.8, 4) is 11.8 Å². The predicted octanol–water partition coefficient (Wildman–Crippen LogP) is 4.49. The number of hydrogen-bond donors (Lipinski definition) is 0. The third-order valence-electron chi connectivity index (χ3n) is 2.65. The first-order valence-corrected chi connectivity index (χ1v) is 5.76. The molecule has 1 aromatic rings. The summed E-state index contributed by atoms with van der Waals surface area (Å²) >= 11 is 5.85. The second-order valence-corrected chi connectivity index (χ2v) is 4.24. The Morgan fingerprint density at radius 2 is 1.80 bits per heavy atom. The molecule has 0 bridgehead atoms. The number of rotatable bonds is 2.